The van der Waals surface area contributed by atoms with Gasteiger partial charge in [0, 0.05) is 24.9 Å². The molecule has 2 amide bonds. The first kappa shape index (κ1) is 15.2. The Morgan fingerprint density at radius 2 is 1.87 bits per heavy atom. The van der Waals surface area contributed by atoms with Gasteiger partial charge in [0.15, 0.2) is 12.2 Å². The molecule has 5 nitrogen and oxygen atoms in total. The molecular formula is C18H20N3O2+. The van der Waals surface area contributed by atoms with E-state index in [1.54, 1.807) is 7.05 Å². The van der Waals surface area contributed by atoms with Gasteiger partial charge in [0.05, 0.1) is 0 Å². The number of aromatic nitrogens is 1. The predicted octanol–water partition coefficient (Wildman–Crippen LogP) is 1.74. The molecule has 0 radical (unpaired) electrons. The minimum absolute atomic E-state index is 0.0737. The van der Waals surface area contributed by atoms with E-state index in [0.29, 0.717) is 0 Å². The zero-order chi connectivity index (χ0) is 16.6. The number of hydrogen-bond acceptors (Lipinski definition) is 2. The normalized spacial score (nSPS) is 16.9. The lowest BCUT2D eigenvalue weighted by Gasteiger charge is -2.29. The Bertz CT molecular complexity index is 765. The molecule has 3 rings (SSSR count). The molecule has 0 spiro atoms. The van der Waals surface area contributed by atoms with E-state index in [1.165, 1.54) is 4.90 Å². The molecule has 0 saturated carbocycles. The first-order chi connectivity index (χ1) is 11.0. The van der Waals surface area contributed by atoms with Crippen LogP contribution >= 0.6 is 0 Å². The number of para-hydroxylation sites is 1. The number of hydrogen-bond donors (Lipinski definition) is 1. The van der Waals surface area contributed by atoms with Gasteiger partial charge in [-0.05, 0) is 25.0 Å². The Kier molecular flexibility index (Phi) is 3.86. The SMILES string of the molecule is Cc1cccc(C)c1NC(=O)[C@H]1c2cccc[n+]2CC(=O)N1C. The van der Waals surface area contributed by atoms with Gasteiger partial charge >= 0.3 is 0 Å². The van der Waals surface area contributed by atoms with E-state index < -0.39 is 6.04 Å². The fraction of sp³-hybridized carbons (Fsp3) is 0.278. The second-order valence-corrected chi connectivity index (χ2v) is 5.92. The molecule has 1 aromatic heterocycles. The molecule has 5 heteroatoms. The number of benzene rings is 1. The van der Waals surface area contributed by atoms with Crippen molar-refractivity contribution in [1.29, 1.82) is 0 Å². The lowest BCUT2D eigenvalue weighted by Crippen LogP contribution is -2.57. The summed E-state index contributed by atoms with van der Waals surface area (Å²) in [7, 11) is 1.67. The highest BCUT2D eigenvalue weighted by molar-refractivity contribution is 5.98. The highest BCUT2D eigenvalue weighted by Gasteiger charge is 2.40. The summed E-state index contributed by atoms with van der Waals surface area (Å²) in [6, 6.07) is 10.9. The molecule has 1 atom stereocenters. The summed E-state index contributed by atoms with van der Waals surface area (Å²) in [5.41, 5.74) is 3.64. The number of likely N-dealkylation sites (N-methyl/N-ethyl adjacent to an activating group) is 1. The number of carbonyl (C=O) groups excluding carboxylic acids is 2. The number of pyridine rings is 1. The van der Waals surface area contributed by atoms with E-state index in [0.717, 1.165) is 22.5 Å². The molecule has 0 fully saturated rings. The Balaban J connectivity index is 1.97. The van der Waals surface area contributed by atoms with Crippen molar-refractivity contribution in [3.8, 4) is 0 Å². The van der Waals surface area contributed by atoms with E-state index in [4.69, 9.17) is 0 Å². The summed E-state index contributed by atoms with van der Waals surface area (Å²) in [4.78, 5) is 26.6. The van der Waals surface area contributed by atoms with Gasteiger partial charge in [0.25, 0.3) is 11.8 Å². The largest absolute Gasteiger partial charge is 0.323 e. The molecule has 1 aliphatic rings. The third-order valence-corrected chi connectivity index (χ3v) is 4.32. The smallest absolute Gasteiger partial charge is 0.289 e. The summed E-state index contributed by atoms with van der Waals surface area (Å²) in [5, 5.41) is 2.99. The number of fused-ring (bicyclic) bond motifs is 1. The Morgan fingerprint density at radius 1 is 1.17 bits per heavy atom. The predicted molar refractivity (Wildman–Crippen MR) is 86.7 cm³/mol. The van der Waals surface area contributed by atoms with Crippen molar-refractivity contribution < 1.29 is 14.2 Å². The molecule has 1 aromatic carbocycles. The Morgan fingerprint density at radius 3 is 2.57 bits per heavy atom. The standard InChI is InChI=1S/C18H19N3O2/c1-12-7-6-8-13(2)16(12)19-18(23)17-14-9-4-5-10-21(14)11-15(22)20(17)3/h4-10,17H,11H2,1-3H3/p+1/t17-/m1/s1. The van der Waals surface area contributed by atoms with E-state index in [9.17, 15) is 9.59 Å². The highest BCUT2D eigenvalue weighted by Crippen LogP contribution is 2.25. The maximum atomic E-state index is 12.9. The zero-order valence-electron chi connectivity index (χ0n) is 13.5. The molecule has 1 aliphatic heterocycles. The number of aryl methyl sites for hydroxylation is 2. The first-order valence-corrected chi connectivity index (χ1v) is 7.60. The topological polar surface area (TPSA) is 53.3 Å². The second-order valence-electron chi connectivity index (χ2n) is 5.92. The number of nitrogens with zero attached hydrogens (tertiary/aromatic N) is 2. The molecule has 2 aromatic rings. The van der Waals surface area contributed by atoms with Crippen molar-refractivity contribution in [2.45, 2.75) is 26.4 Å². The van der Waals surface area contributed by atoms with Gasteiger partial charge in [-0.3, -0.25) is 9.59 Å². The van der Waals surface area contributed by atoms with Gasteiger partial charge in [-0.25, -0.2) is 0 Å². The summed E-state index contributed by atoms with van der Waals surface area (Å²) >= 11 is 0. The quantitative estimate of drug-likeness (QED) is 0.859. The maximum absolute atomic E-state index is 12.9. The van der Waals surface area contributed by atoms with Crippen molar-refractivity contribution in [3.63, 3.8) is 0 Å². The molecule has 0 unspecified atom stereocenters. The summed E-state index contributed by atoms with van der Waals surface area (Å²) in [6.45, 7) is 4.18. The van der Waals surface area contributed by atoms with Gasteiger partial charge in [-0.15, -0.1) is 0 Å². The van der Waals surface area contributed by atoms with Crippen molar-refractivity contribution in [1.82, 2.24) is 4.90 Å². The minimum Gasteiger partial charge on any atom is -0.323 e. The molecule has 0 aliphatic carbocycles. The summed E-state index contributed by atoms with van der Waals surface area (Å²) in [6.07, 6.45) is 1.83. The Hall–Kier alpha value is -2.69. The third-order valence-electron chi connectivity index (χ3n) is 4.32. The Labute approximate surface area is 135 Å². The van der Waals surface area contributed by atoms with Gasteiger partial charge < -0.3 is 10.2 Å². The lowest BCUT2D eigenvalue weighted by atomic mass is 10.1. The van der Waals surface area contributed by atoms with E-state index in [1.807, 2.05) is 61.0 Å². The van der Waals surface area contributed by atoms with Crippen LogP contribution in [0.1, 0.15) is 22.9 Å². The summed E-state index contributed by atoms with van der Waals surface area (Å²) < 4.78 is 1.83. The molecule has 23 heavy (non-hydrogen) atoms. The highest BCUT2D eigenvalue weighted by atomic mass is 16.2. The zero-order valence-corrected chi connectivity index (χ0v) is 13.5. The van der Waals surface area contributed by atoms with Crippen molar-refractivity contribution in [2.75, 3.05) is 12.4 Å². The first-order valence-electron chi connectivity index (χ1n) is 7.60. The van der Waals surface area contributed by atoms with Crippen LogP contribution < -0.4 is 9.88 Å². The monoisotopic (exact) mass is 310 g/mol. The van der Waals surface area contributed by atoms with Crippen LogP contribution in [0.2, 0.25) is 0 Å². The maximum Gasteiger partial charge on any atom is 0.289 e. The van der Waals surface area contributed by atoms with Gasteiger partial charge in [-0.1, -0.05) is 24.3 Å². The van der Waals surface area contributed by atoms with E-state index in [-0.39, 0.29) is 18.4 Å². The molecule has 0 bridgehead atoms. The van der Waals surface area contributed by atoms with Crippen LogP contribution in [0.3, 0.4) is 0 Å². The molecule has 2 heterocycles. The minimum atomic E-state index is -0.628. The average molecular weight is 310 g/mol. The van der Waals surface area contributed by atoms with Crippen LogP contribution in [0.15, 0.2) is 42.6 Å². The number of carbonyl (C=O) groups is 2. The van der Waals surface area contributed by atoms with E-state index in [2.05, 4.69) is 5.32 Å². The summed E-state index contributed by atoms with van der Waals surface area (Å²) in [5.74, 6) is -0.270. The van der Waals surface area contributed by atoms with Crippen molar-refractivity contribution in [2.24, 2.45) is 0 Å². The fourth-order valence-corrected chi connectivity index (χ4v) is 2.99. The molecule has 0 saturated heterocycles. The third kappa shape index (κ3) is 2.70. The molecular weight excluding hydrogens is 290 g/mol. The number of anilines is 1. The van der Waals surface area contributed by atoms with Crippen LogP contribution in [0.4, 0.5) is 5.69 Å². The van der Waals surface area contributed by atoms with Crippen LogP contribution in [-0.2, 0) is 16.1 Å². The van der Waals surface area contributed by atoms with E-state index >= 15 is 0 Å². The molecule has 1 N–H and O–H groups in total. The average Bonchev–Trinajstić information content (AvgIpc) is 2.52. The number of rotatable bonds is 2. The van der Waals surface area contributed by atoms with Gasteiger partial charge in [0.2, 0.25) is 12.2 Å². The van der Waals surface area contributed by atoms with Gasteiger partial charge in [-0.2, -0.15) is 4.57 Å². The van der Waals surface area contributed by atoms with Crippen LogP contribution in [0, 0.1) is 13.8 Å². The van der Waals surface area contributed by atoms with Gasteiger partial charge in [0.1, 0.15) is 0 Å². The van der Waals surface area contributed by atoms with Crippen LogP contribution in [0.25, 0.3) is 0 Å². The van der Waals surface area contributed by atoms with Crippen molar-refractivity contribution in [3.05, 3.63) is 59.4 Å². The van der Waals surface area contributed by atoms with Crippen molar-refractivity contribution >= 4 is 17.5 Å². The van der Waals surface area contributed by atoms with Crippen LogP contribution in [0.5, 0.6) is 0 Å². The lowest BCUT2D eigenvalue weighted by molar-refractivity contribution is -0.698. The number of nitrogens with one attached hydrogen (secondary N) is 1. The second kappa shape index (κ2) is 5.83. The fourth-order valence-electron chi connectivity index (χ4n) is 2.99. The van der Waals surface area contributed by atoms with Crippen LogP contribution in [-0.4, -0.2) is 23.8 Å². The number of amides is 2. The molecule has 118 valence electrons.